The van der Waals surface area contributed by atoms with Crippen LogP contribution in [0.4, 0.5) is 5.69 Å². The van der Waals surface area contributed by atoms with Gasteiger partial charge in [-0.3, -0.25) is 0 Å². The minimum Gasteiger partial charge on any atom is -0.344 e. The predicted octanol–water partition coefficient (Wildman–Crippen LogP) is 4.42. The van der Waals surface area contributed by atoms with E-state index in [1.807, 2.05) is 0 Å². The first-order valence-corrected chi connectivity index (χ1v) is 6.84. The molecule has 0 fully saturated rings. The molecule has 0 amide bonds. The van der Waals surface area contributed by atoms with Gasteiger partial charge in [0.2, 0.25) is 0 Å². The predicted molar refractivity (Wildman–Crippen MR) is 82.3 cm³/mol. The lowest BCUT2D eigenvalue weighted by Gasteiger charge is -2.27. The van der Waals surface area contributed by atoms with Crippen molar-refractivity contribution in [2.24, 2.45) is 0 Å². The maximum atomic E-state index is 2.35. The van der Waals surface area contributed by atoms with E-state index in [0.717, 1.165) is 12.8 Å². The van der Waals surface area contributed by atoms with Crippen molar-refractivity contribution < 1.29 is 0 Å². The fraction of sp³-hybridized carbons (Fsp3) is 0.222. The van der Waals surface area contributed by atoms with Gasteiger partial charge in [-0.1, -0.05) is 42.5 Å². The summed E-state index contributed by atoms with van der Waals surface area (Å²) in [4.78, 5) is 2.30. The van der Waals surface area contributed by atoms with E-state index in [1.54, 1.807) is 0 Å². The molecule has 0 radical (unpaired) electrons. The van der Waals surface area contributed by atoms with E-state index in [4.69, 9.17) is 0 Å². The highest BCUT2D eigenvalue weighted by Gasteiger charge is 2.16. The van der Waals surface area contributed by atoms with Gasteiger partial charge in [-0.2, -0.15) is 0 Å². The number of allylic oxidation sites excluding steroid dienone is 1. The third-order valence-electron chi connectivity index (χ3n) is 3.79. The third kappa shape index (κ3) is 2.28. The van der Waals surface area contributed by atoms with Crippen LogP contribution in [0, 0.1) is 6.92 Å². The van der Waals surface area contributed by atoms with Crippen molar-refractivity contribution >= 4 is 11.4 Å². The Balaban J connectivity index is 2.01. The van der Waals surface area contributed by atoms with Gasteiger partial charge in [0.1, 0.15) is 0 Å². The lowest BCUT2D eigenvalue weighted by molar-refractivity contribution is 0.963. The average Bonchev–Trinajstić information content (AvgIpc) is 2.46. The Labute approximate surface area is 115 Å². The molecular formula is C18H19N. The van der Waals surface area contributed by atoms with E-state index >= 15 is 0 Å². The van der Waals surface area contributed by atoms with Crippen molar-refractivity contribution in [2.75, 3.05) is 11.9 Å². The molecular weight excluding hydrogens is 230 g/mol. The molecule has 0 N–H and O–H groups in total. The van der Waals surface area contributed by atoms with E-state index in [9.17, 15) is 0 Å². The zero-order chi connectivity index (χ0) is 13.2. The molecule has 3 rings (SSSR count). The van der Waals surface area contributed by atoms with Crippen LogP contribution < -0.4 is 4.90 Å². The Morgan fingerprint density at radius 3 is 2.68 bits per heavy atom. The number of anilines is 1. The van der Waals surface area contributed by atoms with Gasteiger partial charge in [0.05, 0.1) is 0 Å². The zero-order valence-corrected chi connectivity index (χ0v) is 11.6. The number of hydrogen-bond donors (Lipinski definition) is 0. The molecule has 0 atom stereocenters. The molecule has 96 valence electrons. The van der Waals surface area contributed by atoms with Crippen LogP contribution in [0.15, 0.2) is 54.6 Å². The van der Waals surface area contributed by atoms with Gasteiger partial charge < -0.3 is 4.90 Å². The number of hydrogen-bond acceptors (Lipinski definition) is 1. The SMILES string of the molecule is Cc1cccc(N(C)C2=CCCc3ccccc32)c1. The second-order valence-electron chi connectivity index (χ2n) is 5.18. The minimum atomic E-state index is 1.13. The first kappa shape index (κ1) is 12.0. The van der Waals surface area contributed by atoms with Gasteiger partial charge in [-0.05, 0) is 43.0 Å². The van der Waals surface area contributed by atoms with Crippen LogP contribution in [0.3, 0.4) is 0 Å². The second kappa shape index (κ2) is 4.93. The Hall–Kier alpha value is -2.02. The highest BCUT2D eigenvalue weighted by molar-refractivity contribution is 5.81. The second-order valence-corrected chi connectivity index (χ2v) is 5.18. The summed E-state index contributed by atoms with van der Waals surface area (Å²) in [5.41, 5.74) is 6.71. The molecule has 0 aromatic heterocycles. The Kier molecular flexibility index (Phi) is 3.12. The summed E-state index contributed by atoms with van der Waals surface area (Å²) in [5.74, 6) is 0. The van der Waals surface area contributed by atoms with Gasteiger partial charge in [0, 0.05) is 24.0 Å². The summed E-state index contributed by atoms with van der Waals surface area (Å²) in [6.07, 6.45) is 4.63. The average molecular weight is 249 g/mol. The van der Waals surface area contributed by atoms with Crippen LogP contribution in [0.25, 0.3) is 5.70 Å². The van der Waals surface area contributed by atoms with E-state index in [1.165, 1.54) is 28.1 Å². The molecule has 1 aliphatic carbocycles. The van der Waals surface area contributed by atoms with Crippen molar-refractivity contribution in [3.05, 3.63) is 71.3 Å². The molecule has 0 saturated carbocycles. The van der Waals surface area contributed by atoms with E-state index in [-0.39, 0.29) is 0 Å². The van der Waals surface area contributed by atoms with Crippen molar-refractivity contribution in [1.82, 2.24) is 0 Å². The van der Waals surface area contributed by atoms with Gasteiger partial charge in [-0.15, -0.1) is 0 Å². The van der Waals surface area contributed by atoms with Crippen LogP contribution in [0.1, 0.15) is 23.1 Å². The van der Waals surface area contributed by atoms with Crippen LogP contribution in [0.2, 0.25) is 0 Å². The fourth-order valence-corrected chi connectivity index (χ4v) is 2.76. The standard InChI is InChI=1S/C18H19N/c1-14-7-5-10-16(13-14)19(2)18-12-6-9-15-8-3-4-11-17(15)18/h3-5,7-8,10-13H,6,9H2,1-2H3. The van der Waals surface area contributed by atoms with E-state index < -0.39 is 0 Å². The van der Waals surface area contributed by atoms with Crippen LogP contribution in [-0.4, -0.2) is 7.05 Å². The largest absolute Gasteiger partial charge is 0.344 e. The third-order valence-corrected chi connectivity index (χ3v) is 3.79. The number of nitrogens with zero attached hydrogens (tertiary/aromatic N) is 1. The topological polar surface area (TPSA) is 3.24 Å². The maximum absolute atomic E-state index is 2.35. The van der Waals surface area contributed by atoms with Crippen LogP contribution in [-0.2, 0) is 6.42 Å². The summed E-state index contributed by atoms with van der Waals surface area (Å²) >= 11 is 0. The smallest absolute Gasteiger partial charge is 0.0444 e. The molecule has 1 heteroatoms. The highest BCUT2D eigenvalue weighted by Crippen LogP contribution is 2.31. The first-order chi connectivity index (χ1) is 9.25. The normalized spacial score (nSPS) is 13.7. The molecule has 0 unspecified atom stereocenters. The van der Waals surface area contributed by atoms with Gasteiger partial charge in [0.25, 0.3) is 0 Å². The van der Waals surface area contributed by atoms with E-state index in [2.05, 4.69) is 73.5 Å². The highest BCUT2D eigenvalue weighted by atomic mass is 15.1. The number of aryl methyl sites for hydroxylation is 2. The summed E-state index contributed by atoms with van der Waals surface area (Å²) in [5, 5.41) is 0. The zero-order valence-electron chi connectivity index (χ0n) is 11.6. The fourth-order valence-electron chi connectivity index (χ4n) is 2.76. The Bertz CT molecular complexity index is 625. The Morgan fingerprint density at radius 1 is 1.00 bits per heavy atom. The van der Waals surface area contributed by atoms with Crippen molar-refractivity contribution in [2.45, 2.75) is 19.8 Å². The molecule has 0 heterocycles. The Morgan fingerprint density at radius 2 is 1.84 bits per heavy atom. The number of benzene rings is 2. The molecule has 0 saturated heterocycles. The van der Waals surface area contributed by atoms with Crippen molar-refractivity contribution in [1.29, 1.82) is 0 Å². The van der Waals surface area contributed by atoms with Gasteiger partial charge >= 0.3 is 0 Å². The monoisotopic (exact) mass is 249 g/mol. The molecule has 0 aliphatic heterocycles. The summed E-state index contributed by atoms with van der Waals surface area (Å²) in [6, 6.07) is 17.4. The molecule has 2 aromatic carbocycles. The molecule has 19 heavy (non-hydrogen) atoms. The quantitative estimate of drug-likeness (QED) is 0.761. The van der Waals surface area contributed by atoms with Crippen molar-refractivity contribution in [3.8, 4) is 0 Å². The molecule has 0 bridgehead atoms. The molecule has 0 spiro atoms. The van der Waals surface area contributed by atoms with Crippen LogP contribution >= 0.6 is 0 Å². The number of rotatable bonds is 2. The lowest BCUT2D eigenvalue weighted by atomic mass is 9.94. The minimum absolute atomic E-state index is 1.13. The molecule has 2 aromatic rings. The summed E-state index contributed by atoms with van der Waals surface area (Å²) in [6.45, 7) is 2.14. The molecule has 1 aliphatic rings. The number of fused-ring (bicyclic) bond motifs is 1. The van der Waals surface area contributed by atoms with Gasteiger partial charge in [-0.25, -0.2) is 0 Å². The summed E-state index contributed by atoms with van der Waals surface area (Å²) < 4.78 is 0. The maximum Gasteiger partial charge on any atom is 0.0444 e. The lowest BCUT2D eigenvalue weighted by Crippen LogP contribution is -2.18. The van der Waals surface area contributed by atoms with E-state index in [0.29, 0.717) is 0 Å². The molecule has 1 nitrogen and oxygen atoms in total. The summed E-state index contributed by atoms with van der Waals surface area (Å²) in [7, 11) is 2.16. The van der Waals surface area contributed by atoms with Crippen LogP contribution in [0.5, 0.6) is 0 Å². The van der Waals surface area contributed by atoms with Gasteiger partial charge in [0.15, 0.2) is 0 Å². The first-order valence-electron chi connectivity index (χ1n) is 6.84. The van der Waals surface area contributed by atoms with Crippen molar-refractivity contribution in [3.63, 3.8) is 0 Å².